The molecule has 1 heterocycles. The zero-order valence-corrected chi connectivity index (χ0v) is 23.4. The maximum atomic E-state index is 13.9. The van der Waals surface area contributed by atoms with Crippen molar-refractivity contribution in [2.45, 2.75) is 117 Å². The summed E-state index contributed by atoms with van der Waals surface area (Å²) in [6.45, 7) is 11.8. The second kappa shape index (κ2) is 13.2. The molecule has 0 aromatic rings. The number of hydrogen-bond acceptors (Lipinski definition) is 5. The number of likely N-dealkylation sites (tertiary alicyclic amines) is 1. The number of nitrogens with two attached hydrogens (primary N) is 1. The van der Waals surface area contributed by atoms with E-state index in [2.05, 4.69) is 16.0 Å². The molecule has 0 bridgehead atoms. The Kier molecular flexibility index (Phi) is 10.9. The number of nitrogens with zero attached hydrogens (tertiary/aromatic N) is 1. The van der Waals surface area contributed by atoms with E-state index in [-0.39, 0.29) is 36.2 Å². The first-order valence-corrected chi connectivity index (χ1v) is 13.8. The average molecular weight is 522 g/mol. The number of amides is 5. The van der Waals surface area contributed by atoms with Crippen molar-refractivity contribution < 1.29 is 24.0 Å². The quantitative estimate of drug-likeness (QED) is 0.325. The van der Waals surface area contributed by atoms with E-state index in [4.69, 9.17) is 5.73 Å². The highest BCUT2D eigenvalue weighted by atomic mass is 16.2. The van der Waals surface area contributed by atoms with Gasteiger partial charge in [0.05, 0.1) is 6.04 Å². The highest BCUT2D eigenvalue weighted by Gasteiger charge is 2.47. The third kappa shape index (κ3) is 8.17. The second-order valence-corrected chi connectivity index (χ2v) is 12.0. The first-order chi connectivity index (χ1) is 17.3. The number of carbonyl (C=O) groups is 5. The summed E-state index contributed by atoms with van der Waals surface area (Å²) in [5.74, 6) is -2.78. The van der Waals surface area contributed by atoms with Gasteiger partial charge in [-0.15, -0.1) is 0 Å². The van der Waals surface area contributed by atoms with E-state index >= 15 is 0 Å². The molecule has 1 saturated heterocycles. The molecule has 10 nitrogen and oxygen atoms in total. The Labute approximate surface area is 221 Å². The molecule has 5 amide bonds. The van der Waals surface area contributed by atoms with Crippen molar-refractivity contribution in [3.8, 4) is 0 Å². The number of rotatable bonds is 10. The molecule has 210 valence electrons. The van der Waals surface area contributed by atoms with Crippen LogP contribution in [0, 0.1) is 17.3 Å². The van der Waals surface area contributed by atoms with E-state index < -0.39 is 41.1 Å². The number of primary amides is 1. The van der Waals surface area contributed by atoms with Crippen LogP contribution in [0.25, 0.3) is 0 Å². The van der Waals surface area contributed by atoms with Gasteiger partial charge in [-0.3, -0.25) is 19.2 Å². The number of ketones is 1. The lowest BCUT2D eigenvalue weighted by Crippen LogP contribution is -2.61. The minimum absolute atomic E-state index is 0.0957. The maximum Gasteiger partial charge on any atom is 0.315 e. The first kappa shape index (κ1) is 30.6. The molecule has 2 rings (SSSR count). The fraction of sp³-hybridized carbons (Fsp3) is 0.815. The van der Waals surface area contributed by atoms with Gasteiger partial charge in [0.25, 0.3) is 5.91 Å². The molecule has 0 aromatic heterocycles. The van der Waals surface area contributed by atoms with E-state index in [1.165, 1.54) is 11.3 Å². The van der Waals surface area contributed by atoms with Gasteiger partial charge in [-0.1, -0.05) is 67.2 Å². The zero-order chi connectivity index (χ0) is 27.9. The Hall–Kier alpha value is -2.65. The minimum Gasteiger partial charge on any atom is -0.363 e. The normalized spacial score (nSPS) is 22.3. The summed E-state index contributed by atoms with van der Waals surface area (Å²) < 4.78 is 0. The molecule has 2 fully saturated rings. The fourth-order valence-electron chi connectivity index (χ4n) is 5.50. The van der Waals surface area contributed by atoms with Crippen LogP contribution in [-0.4, -0.2) is 65.1 Å². The Balaban J connectivity index is 2.26. The Bertz CT molecular complexity index is 847. The number of urea groups is 1. The van der Waals surface area contributed by atoms with Crippen molar-refractivity contribution in [2.24, 2.45) is 23.0 Å². The summed E-state index contributed by atoms with van der Waals surface area (Å²) in [5.41, 5.74) is 4.59. The third-order valence-corrected chi connectivity index (χ3v) is 7.63. The minimum atomic E-state index is -1.10. The van der Waals surface area contributed by atoms with Crippen LogP contribution >= 0.6 is 0 Å². The largest absolute Gasteiger partial charge is 0.363 e. The lowest BCUT2D eigenvalue weighted by atomic mass is 9.84. The van der Waals surface area contributed by atoms with E-state index in [1.807, 2.05) is 41.5 Å². The summed E-state index contributed by atoms with van der Waals surface area (Å²) in [6.07, 6.45) is 6.63. The highest BCUT2D eigenvalue weighted by Crippen LogP contribution is 2.33. The number of Topliss-reactive ketones (excluding diaryl/α,β-unsaturated/α-hetero) is 1. The van der Waals surface area contributed by atoms with Gasteiger partial charge >= 0.3 is 6.03 Å². The van der Waals surface area contributed by atoms with Gasteiger partial charge in [0.15, 0.2) is 0 Å². The van der Waals surface area contributed by atoms with Crippen LogP contribution in [0.5, 0.6) is 0 Å². The zero-order valence-electron chi connectivity index (χ0n) is 23.4. The molecule has 0 aromatic carbocycles. The van der Waals surface area contributed by atoms with Crippen molar-refractivity contribution in [1.82, 2.24) is 20.9 Å². The third-order valence-electron chi connectivity index (χ3n) is 7.63. The predicted octanol–water partition coefficient (Wildman–Crippen LogP) is 2.25. The van der Waals surface area contributed by atoms with Crippen molar-refractivity contribution in [2.75, 3.05) is 6.54 Å². The topological polar surface area (TPSA) is 151 Å². The monoisotopic (exact) mass is 521 g/mol. The van der Waals surface area contributed by atoms with Crippen LogP contribution in [0.4, 0.5) is 4.79 Å². The van der Waals surface area contributed by atoms with Crippen molar-refractivity contribution >= 4 is 29.5 Å². The fourth-order valence-corrected chi connectivity index (χ4v) is 5.50. The van der Waals surface area contributed by atoms with Crippen molar-refractivity contribution in [3.05, 3.63) is 0 Å². The van der Waals surface area contributed by atoms with Crippen LogP contribution in [-0.2, 0) is 19.2 Å². The van der Waals surface area contributed by atoms with Gasteiger partial charge in [-0.25, -0.2) is 4.79 Å². The van der Waals surface area contributed by atoms with Gasteiger partial charge in [0.2, 0.25) is 17.6 Å². The number of carbonyl (C=O) groups excluding carboxylic acids is 5. The molecule has 1 unspecified atom stereocenters. The van der Waals surface area contributed by atoms with Crippen molar-refractivity contribution in [1.29, 1.82) is 0 Å². The van der Waals surface area contributed by atoms with Crippen molar-refractivity contribution in [3.63, 3.8) is 0 Å². The standard InChI is InChI=1S/C27H47N5O5/c1-7-11-19(21(33)23(28)34)30-24(35)20-18(16(2)3)14-15-32(20)25(36)22(27(4,5)6)31-26(37)29-17-12-9-8-10-13-17/h16-20,22H,7-15H2,1-6H3,(H2,28,34)(H,30,35)(H2,29,31,37)/t18-,19?,20+,22-/m1/s1. The SMILES string of the molecule is CCCC(NC(=O)[C@@H]1[C@@H](C(C)C)CCN1C(=O)[C@@H](NC(=O)NC1CCCCC1)C(C)(C)C)C(=O)C(N)=O. The molecule has 2 aliphatic rings. The molecule has 10 heteroatoms. The Morgan fingerprint density at radius 2 is 1.59 bits per heavy atom. The van der Waals surface area contributed by atoms with Crippen LogP contribution in [0.3, 0.4) is 0 Å². The molecule has 1 saturated carbocycles. The number of hydrogen-bond donors (Lipinski definition) is 4. The summed E-state index contributed by atoms with van der Waals surface area (Å²) in [6, 6.07) is -2.98. The lowest BCUT2D eigenvalue weighted by molar-refractivity contribution is -0.144. The highest BCUT2D eigenvalue weighted by molar-refractivity contribution is 6.37. The molecular formula is C27H47N5O5. The van der Waals surface area contributed by atoms with Crippen LogP contribution in [0.1, 0.15) is 92.9 Å². The molecule has 1 aliphatic heterocycles. The van der Waals surface area contributed by atoms with Crippen LogP contribution < -0.4 is 21.7 Å². The first-order valence-electron chi connectivity index (χ1n) is 13.8. The van der Waals surface area contributed by atoms with E-state index in [1.54, 1.807) is 0 Å². The van der Waals surface area contributed by atoms with Crippen LogP contribution in [0.15, 0.2) is 0 Å². The van der Waals surface area contributed by atoms with E-state index in [9.17, 15) is 24.0 Å². The van der Waals surface area contributed by atoms with Gasteiger partial charge in [0, 0.05) is 12.6 Å². The average Bonchev–Trinajstić information content (AvgIpc) is 3.27. The molecule has 4 atom stereocenters. The molecule has 37 heavy (non-hydrogen) atoms. The van der Waals surface area contributed by atoms with E-state index in [0.29, 0.717) is 19.4 Å². The summed E-state index contributed by atoms with van der Waals surface area (Å²) in [7, 11) is 0. The van der Waals surface area contributed by atoms with Gasteiger partial charge < -0.3 is 26.6 Å². The number of nitrogens with one attached hydrogen (secondary N) is 3. The molecular weight excluding hydrogens is 474 g/mol. The van der Waals surface area contributed by atoms with Gasteiger partial charge in [0.1, 0.15) is 12.1 Å². The molecule has 0 radical (unpaired) electrons. The lowest BCUT2D eigenvalue weighted by Gasteiger charge is -2.37. The summed E-state index contributed by atoms with van der Waals surface area (Å²) in [5, 5.41) is 8.60. The molecule has 0 spiro atoms. The molecule has 5 N–H and O–H groups in total. The van der Waals surface area contributed by atoms with Crippen LogP contribution in [0.2, 0.25) is 0 Å². The summed E-state index contributed by atoms with van der Waals surface area (Å²) >= 11 is 0. The Morgan fingerprint density at radius 3 is 2.11 bits per heavy atom. The smallest absolute Gasteiger partial charge is 0.315 e. The summed E-state index contributed by atoms with van der Waals surface area (Å²) in [4.78, 5) is 65.7. The van der Waals surface area contributed by atoms with Gasteiger partial charge in [-0.05, 0) is 42.9 Å². The Morgan fingerprint density at radius 1 is 0.973 bits per heavy atom. The predicted molar refractivity (Wildman–Crippen MR) is 141 cm³/mol. The maximum absolute atomic E-state index is 13.9. The van der Waals surface area contributed by atoms with Gasteiger partial charge in [-0.2, -0.15) is 0 Å². The van der Waals surface area contributed by atoms with E-state index in [0.717, 1.165) is 25.7 Å². The molecule has 1 aliphatic carbocycles. The second-order valence-electron chi connectivity index (χ2n) is 12.0.